The molecule has 0 saturated carbocycles. The number of hydrogen-bond acceptors (Lipinski definition) is 2. The summed E-state index contributed by atoms with van der Waals surface area (Å²) in [6, 6.07) is 3.53. The van der Waals surface area contributed by atoms with Gasteiger partial charge in [-0.2, -0.15) is 0 Å². The number of nitrogens with zero attached hydrogens (tertiary/aromatic N) is 2. The first-order valence-electron chi connectivity index (χ1n) is 5.24. The third kappa shape index (κ3) is 2.13. The summed E-state index contributed by atoms with van der Waals surface area (Å²) in [7, 11) is 0. The van der Waals surface area contributed by atoms with E-state index in [4.69, 9.17) is 23.2 Å². The Kier molecular flexibility index (Phi) is 3.31. The second-order valence-electron chi connectivity index (χ2n) is 3.76. The van der Waals surface area contributed by atoms with E-state index in [9.17, 15) is 0 Å². The second kappa shape index (κ2) is 4.56. The van der Waals surface area contributed by atoms with Crippen molar-refractivity contribution >= 4 is 34.2 Å². The molecule has 0 amide bonds. The van der Waals surface area contributed by atoms with Crippen molar-refractivity contribution in [2.24, 2.45) is 0 Å². The van der Waals surface area contributed by atoms with Gasteiger partial charge in [0.05, 0.1) is 32.5 Å². The fraction of sp³-hybridized carbons (Fsp3) is 0.333. The van der Waals surface area contributed by atoms with Crippen LogP contribution in [0, 0.1) is 6.92 Å². The van der Waals surface area contributed by atoms with Crippen molar-refractivity contribution in [3.05, 3.63) is 33.6 Å². The monoisotopic (exact) mass is 254 g/mol. The lowest BCUT2D eigenvalue weighted by Crippen LogP contribution is -1.98. The van der Waals surface area contributed by atoms with Crippen molar-refractivity contribution < 1.29 is 0 Å². The van der Waals surface area contributed by atoms with Crippen molar-refractivity contribution in [2.75, 3.05) is 0 Å². The summed E-state index contributed by atoms with van der Waals surface area (Å²) in [5.74, 6) is 0. The predicted molar refractivity (Wildman–Crippen MR) is 68.3 cm³/mol. The van der Waals surface area contributed by atoms with Gasteiger partial charge < -0.3 is 0 Å². The summed E-state index contributed by atoms with van der Waals surface area (Å²) >= 11 is 11.9. The van der Waals surface area contributed by atoms with Crippen molar-refractivity contribution in [2.45, 2.75) is 26.7 Å². The Morgan fingerprint density at radius 3 is 2.19 bits per heavy atom. The van der Waals surface area contributed by atoms with Gasteiger partial charge in [-0.05, 0) is 25.5 Å². The Labute approximate surface area is 105 Å². The first-order valence-corrected chi connectivity index (χ1v) is 5.99. The number of halogens is 2. The largest absolute Gasteiger partial charge is 0.250 e. The molecule has 1 heterocycles. The molecule has 0 aliphatic heterocycles. The van der Waals surface area contributed by atoms with Gasteiger partial charge in [-0.25, -0.2) is 9.97 Å². The second-order valence-corrected chi connectivity index (χ2v) is 4.58. The molecule has 0 atom stereocenters. The van der Waals surface area contributed by atoms with Crippen LogP contribution in [0.2, 0.25) is 10.0 Å². The third-order valence-corrected chi connectivity index (χ3v) is 3.19. The van der Waals surface area contributed by atoms with E-state index in [0.717, 1.165) is 35.3 Å². The number of fused-ring (bicyclic) bond motifs is 1. The van der Waals surface area contributed by atoms with E-state index < -0.39 is 0 Å². The molecule has 0 fully saturated rings. The van der Waals surface area contributed by atoms with E-state index in [0.29, 0.717) is 10.0 Å². The van der Waals surface area contributed by atoms with E-state index >= 15 is 0 Å². The molecular formula is C12H12Cl2N2. The Morgan fingerprint density at radius 1 is 1.06 bits per heavy atom. The quantitative estimate of drug-likeness (QED) is 0.803. The maximum atomic E-state index is 5.96. The Hall–Kier alpha value is -0.860. The molecule has 4 heteroatoms. The maximum absolute atomic E-state index is 5.96. The molecule has 2 nitrogen and oxygen atoms in total. The Bertz CT molecular complexity index is 538. The van der Waals surface area contributed by atoms with Gasteiger partial charge in [0.2, 0.25) is 0 Å². The molecule has 2 aromatic rings. The van der Waals surface area contributed by atoms with E-state index in [1.165, 1.54) is 0 Å². The van der Waals surface area contributed by atoms with Gasteiger partial charge in [0.1, 0.15) is 0 Å². The molecule has 2 rings (SSSR count). The van der Waals surface area contributed by atoms with Crippen LogP contribution in [0.3, 0.4) is 0 Å². The molecule has 16 heavy (non-hydrogen) atoms. The van der Waals surface area contributed by atoms with Crippen LogP contribution in [0.5, 0.6) is 0 Å². The number of hydrogen-bond donors (Lipinski definition) is 0. The highest BCUT2D eigenvalue weighted by molar-refractivity contribution is 6.42. The van der Waals surface area contributed by atoms with Gasteiger partial charge in [0.15, 0.2) is 0 Å². The molecule has 0 saturated heterocycles. The molecule has 1 aromatic carbocycles. The smallest absolute Gasteiger partial charge is 0.0906 e. The van der Waals surface area contributed by atoms with Crippen LogP contribution in [0.15, 0.2) is 12.1 Å². The molecule has 84 valence electrons. The molecule has 0 radical (unpaired) electrons. The average Bonchev–Trinajstić information content (AvgIpc) is 2.23. The average molecular weight is 255 g/mol. The van der Waals surface area contributed by atoms with Gasteiger partial charge in [0, 0.05) is 0 Å². The highest BCUT2D eigenvalue weighted by Gasteiger charge is 2.07. The summed E-state index contributed by atoms with van der Waals surface area (Å²) in [5.41, 5.74) is 3.61. The first-order chi connectivity index (χ1) is 7.61. The minimum Gasteiger partial charge on any atom is -0.250 e. The standard InChI is InChI=1S/C12H12Cl2N2/c1-3-4-10-7(2)15-11-5-8(13)9(14)6-12(11)16-10/h5-6H,3-4H2,1-2H3. The van der Waals surface area contributed by atoms with Crippen molar-refractivity contribution in [3.8, 4) is 0 Å². The summed E-state index contributed by atoms with van der Waals surface area (Å²) < 4.78 is 0. The lowest BCUT2D eigenvalue weighted by molar-refractivity contribution is 0.865. The molecule has 0 N–H and O–H groups in total. The molecule has 1 aromatic heterocycles. The molecule has 0 bridgehead atoms. The van der Waals surface area contributed by atoms with Crippen molar-refractivity contribution in [3.63, 3.8) is 0 Å². The van der Waals surface area contributed by atoms with Gasteiger partial charge in [-0.15, -0.1) is 0 Å². The summed E-state index contributed by atoms with van der Waals surface area (Å²) in [6.45, 7) is 4.10. The minimum atomic E-state index is 0.520. The molecule has 0 aliphatic rings. The zero-order chi connectivity index (χ0) is 11.7. The number of benzene rings is 1. The summed E-state index contributed by atoms with van der Waals surface area (Å²) in [6.07, 6.45) is 2.00. The fourth-order valence-electron chi connectivity index (χ4n) is 1.65. The molecule has 0 spiro atoms. The van der Waals surface area contributed by atoms with Crippen LogP contribution in [0.4, 0.5) is 0 Å². The Morgan fingerprint density at radius 2 is 1.62 bits per heavy atom. The maximum Gasteiger partial charge on any atom is 0.0906 e. The van der Waals surface area contributed by atoms with Crippen LogP contribution < -0.4 is 0 Å². The van der Waals surface area contributed by atoms with Crippen LogP contribution in [0.1, 0.15) is 24.7 Å². The molecular weight excluding hydrogens is 243 g/mol. The number of aromatic nitrogens is 2. The van der Waals surface area contributed by atoms with E-state index in [-0.39, 0.29) is 0 Å². The van der Waals surface area contributed by atoms with E-state index in [1.54, 1.807) is 12.1 Å². The predicted octanol–water partition coefficient (Wildman–Crippen LogP) is 4.20. The van der Waals surface area contributed by atoms with Gasteiger partial charge >= 0.3 is 0 Å². The van der Waals surface area contributed by atoms with Crippen molar-refractivity contribution in [1.29, 1.82) is 0 Å². The van der Waals surface area contributed by atoms with Crippen LogP contribution >= 0.6 is 23.2 Å². The zero-order valence-corrected chi connectivity index (χ0v) is 10.7. The number of aryl methyl sites for hydroxylation is 2. The zero-order valence-electron chi connectivity index (χ0n) is 9.22. The van der Waals surface area contributed by atoms with Crippen molar-refractivity contribution in [1.82, 2.24) is 9.97 Å². The fourth-order valence-corrected chi connectivity index (χ4v) is 1.97. The molecule has 0 aliphatic carbocycles. The summed E-state index contributed by atoms with van der Waals surface area (Å²) in [4.78, 5) is 9.05. The third-order valence-electron chi connectivity index (χ3n) is 2.47. The highest BCUT2D eigenvalue weighted by Crippen LogP contribution is 2.26. The van der Waals surface area contributed by atoms with Crippen LogP contribution in [-0.2, 0) is 6.42 Å². The first kappa shape index (κ1) is 11.6. The van der Waals surface area contributed by atoms with E-state index in [2.05, 4.69) is 16.9 Å². The lowest BCUT2D eigenvalue weighted by Gasteiger charge is -2.06. The number of rotatable bonds is 2. The van der Waals surface area contributed by atoms with Crippen LogP contribution in [-0.4, -0.2) is 9.97 Å². The van der Waals surface area contributed by atoms with Crippen LogP contribution in [0.25, 0.3) is 11.0 Å². The van der Waals surface area contributed by atoms with E-state index in [1.807, 2.05) is 6.92 Å². The minimum absolute atomic E-state index is 0.520. The van der Waals surface area contributed by atoms with Gasteiger partial charge in [-0.1, -0.05) is 36.5 Å². The highest BCUT2D eigenvalue weighted by atomic mass is 35.5. The van der Waals surface area contributed by atoms with Gasteiger partial charge in [-0.3, -0.25) is 0 Å². The SMILES string of the molecule is CCCc1nc2cc(Cl)c(Cl)cc2nc1C. The van der Waals surface area contributed by atoms with Gasteiger partial charge in [0.25, 0.3) is 0 Å². The normalized spacial score (nSPS) is 11.0. The molecule has 0 unspecified atom stereocenters. The lowest BCUT2D eigenvalue weighted by atomic mass is 10.2. The summed E-state index contributed by atoms with van der Waals surface area (Å²) in [5, 5.41) is 1.04. The topological polar surface area (TPSA) is 25.8 Å². The Balaban J connectivity index is 2.65.